The van der Waals surface area contributed by atoms with Gasteiger partial charge < -0.3 is 15.6 Å². The molecule has 1 aromatic rings. The van der Waals surface area contributed by atoms with Crippen molar-refractivity contribution in [3.63, 3.8) is 0 Å². The summed E-state index contributed by atoms with van der Waals surface area (Å²) in [6, 6.07) is 6.25. The molecule has 0 fully saturated rings. The lowest BCUT2D eigenvalue weighted by molar-refractivity contribution is 0.332. The van der Waals surface area contributed by atoms with Crippen LogP contribution in [0.25, 0.3) is 0 Å². The Labute approximate surface area is 98.1 Å². The highest BCUT2D eigenvalue weighted by Gasteiger charge is 2.25. The van der Waals surface area contributed by atoms with Crippen LogP contribution in [0.1, 0.15) is 0 Å². The molecule has 17 heavy (non-hydrogen) atoms. The first-order valence-electron chi connectivity index (χ1n) is 4.70. The van der Waals surface area contributed by atoms with E-state index in [-0.39, 0.29) is 28.7 Å². The molecule has 0 saturated carbocycles. The molecule has 1 aliphatic rings. The summed E-state index contributed by atoms with van der Waals surface area (Å²) in [6.45, 7) is -0.258. The van der Waals surface area contributed by atoms with Gasteiger partial charge in [-0.1, -0.05) is 12.1 Å². The maximum atomic E-state index is 11.4. The quantitative estimate of drug-likeness (QED) is 0.810. The second-order valence-corrected chi connectivity index (χ2v) is 5.00. The number of phenolic OH excluding ortho intramolecular Hbond substituents is 1. The van der Waals surface area contributed by atoms with Crippen LogP contribution in [0.4, 0.5) is 0 Å². The van der Waals surface area contributed by atoms with Gasteiger partial charge in [0.15, 0.2) is 11.5 Å². The second kappa shape index (κ2) is 4.10. The first kappa shape index (κ1) is 11.5. The van der Waals surface area contributed by atoms with Crippen LogP contribution in [0.15, 0.2) is 39.3 Å². The molecule has 7 heteroatoms. The van der Waals surface area contributed by atoms with Crippen molar-refractivity contribution in [3.05, 3.63) is 34.9 Å². The maximum absolute atomic E-state index is 11.4. The highest BCUT2D eigenvalue weighted by molar-refractivity contribution is 7.94. The molecule has 1 aliphatic heterocycles. The Morgan fingerprint density at radius 2 is 2.06 bits per heavy atom. The summed E-state index contributed by atoms with van der Waals surface area (Å²) >= 11 is 0. The Kier molecular flexibility index (Phi) is 2.76. The van der Waals surface area contributed by atoms with E-state index >= 15 is 0 Å². The summed E-state index contributed by atoms with van der Waals surface area (Å²) in [6.07, 6.45) is 1.07. The molecule has 0 spiro atoms. The SMILES string of the molecule is NC1=C(COc2ccccc2O)S(=O)(=O)N=C1. The molecule has 6 nitrogen and oxygen atoms in total. The van der Waals surface area contributed by atoms with Gasteiger partial charge in [-0.05, 0) is 12.1 Å². The normalized spacial score (nSPS) is 17.4. The van der Waals surface area contributed by atoms with Crippen LogP contribution < -0.4 is 10.5 Å². The topological polar surface area (TPSA) is 102 Å². The number of nitrogens with two attached hydrogens (primary N) is 1. The molecule has 0 bridgehead atoms. The fourth-order valence-electron chi connectivity index (χ4n) is 1.29. The van der Waals surface area contributed by atoms with Crippen LogP contribution in [0.5, 0.6) is 11.5 Å². The number of hydrogen-bond donors (Lipinski definition) is 2. The van der Waals surface area contributed by atoms with Crippen molar-refractivity contribution >= 4 is 16.2 Å². The summed E-state index contributed by atoms with van der Waals surface area (Å²) < 4.78 is 31.3. The monoisotopic (exact) mass is 254 g/mol. The third-order valence-electron chi connectivity index (χ3n) is 2.19. The van der Waals surface area contributed by atoms with Gasteiger partial charge in [-0.2, -0.15) is 12.8 Å². The van der Waals surface area contributed by atoms with Crippen molar-refractivity contribution in [2.75, 3.05) is 6.61 Å². The largest absolute Gasteiger partial charge is 0.504 e. The molecule has 0 aliphatic carbocycles. The lowest BCUT2D eigenvalue weighted by atomic mass is 10.3. The molecule has 2 rings (SSSR count). The molecular weight excluding hydrogens is 244 g/mol. The smallest absolute Gasteiger partial charge is 0.284 e. The highest BCUT2D eigenvalue weighted by Crippen LogP contribution is 2.26. The summed E-state index contributed by atoms with van der Waals surface area (Å²) in [4.78, 5) is -0.0965. The van der Waals surface area contributed by atoms with E-state index in [2.05, 4.69) is 4.40 Å². The minimum atomic E-state index is -3.70. The first-order valence-corrected chi connectivity index (χ1v) is 6.14. The lowest BCUT2D eigenvalue weighted by Gasteiger charge is -2.08. The van der Waals surface area contributed by atoms with Crippen LogP contribution in [0.2, 0.25) is 0 Å². The number of para-hydroxylation sites is 2. The summed E-state index contributed by atoms with van der Waals surface area (Å²) in [5.41, 5.74) is 5.52. The van der Waals surface area contributed by atoms with Crippen molar-refractivity contribution in [3.8, 4) is 11.5 Å². The number of allylic oxidation sites excluding steroid dienone is 1. The molecule has 0 atom stereocenters. The molecule has 0 radical (unpaired) electrons. The van der Waals surface area contributed by atoms with Crippen LogP contribution in [0, 0.1) is 0 Å². The molecule has 90 valence electrons. The Morgan fingerprint density at radius 3 is 2.65 bits per heavy atom. The minimum Gasteiger partial charge on any atom is -0.504 e. The molecule has 1 aromatic carbocycles. The van der Waals surface area contributed by atoms with Gasteiger partial charge in [0.05, 0.1) is 11.9 Å². The highest BCUT2D eigenvalue weighted by atomic mass is 32.2. The van der Waals surface area contributed by atoms with Crippen molar-refractivity contribution < 1.29 is 18.3 Å². The first-order chi connectivity index (χ1) is 8.00. The standard InChI is InChI=1S/C10H10N2O4S/c11-7-5-12-17(14,15)10(7)6-16-9-4-2-1-3-8(9)13/h1-5,13H,6,11H2. The molecule has 0 unspecified atom stereocenters. The fraction of sp³-hybridized carbons (Fsp3) is 0.100. The molecule has 3 N–H and O–H groups in total. The fourth-order valence-corrected chi connectivity index (χ4v) is 2.23. The van der Waals surface area contributed by atoms with E-state index in [1.807, 2.05) is 0 Å². The Balaban J connectivity index is 2.16. The van der Waals surface area contributed by atoms with E-state index < -0.39 is 10.0 Å². The lowest BCUT2D eigenvalue weighted by Crippen LogP contribution is -2.12. The predicted molar refractivity (Wildman–Crippen MR) is 62.2 cm³/mol. The Bertz CT molecular complexity index is 604. The predicted octanol–water partition coefficient (Wildman–Crippen LogP) is 0.356. The van der Waals surface area contributed by atoms with E-state index in [1.54, 1.807) is 12.1 Å². The second-order valence-electron chi connectivity index (χ2n) is 3.34. The van der Waals surface area contributed by atoms with E-state index in [0.29, 0.717) is 0 Å². The van der Waals surface area contributed by atoms with Crippen molar-refractivity contribution in [2.45, 2.75) is 0 Å². The zero-order valence-corrected chi connectivity index (χ0v) is 9.52. The number of phenols is 1. The van der Waals surface area contributed by atoms with Crippen LogP contribution in [-0.2, 0) is 10.0 Å². The molecule has 0 amide bonds. The van der Waals surface area contributed by atoms with E-state index in [1.165, 1.54) is 12.1 Å². The third-order valence-corrected chi connectivity index (χ3v) is 3.55. The number of aromatic hydroxyl groups is 1. The van der Waals surface area contributed by atoms with E-state index in [4.69, 9.17) is 10.5 Å². The molecule has 1 heterocycles. The zero-order chi connectivity index (χ0) is 12.5. The molecule has 0 saturated heterocycles. The van der Waals surface area contributed by atoms with Crippen LogP contribution in [-0.4, -0.2) is 26.3 Å². The number of hydrogen-bond acceptors (Lipinski definition) is 5. The summed E-state index contributed by atoms with van der Waals surface area (Å²) in [7, 11) is -3.70. The number of ether oxygens (including phenoxy) is 1. The van der Waals surface area contributed by atoms with Gasteiger partial charge in [0, 0.05) is 0 Å². The van der Waals surface area contributed by atoms with Gasteiger partial charge >= 0.3 is 0 Å². The van der Waals surface area contributed by atoms with Gasteiger partial charge in [-0.25, -0.2) is 0 Å². The number of benzene rings is 1. The average Bonchev–Trinajstić information content (AvgIpc) is 2.53. The summed E-state index contributed by atoms with van der Waals surface area (Å²) in [5.74, 6) is 0.123. The van der Waals surface area contributed by atoms with Crippen molar-refractivity contribution in [1.29, 1.82) is 0 Å². The van der Waals surface area contributed by atoms with Crippen molar-refractivity contribution in [2.24, 2.45) is 10.1 Å². The van der Waals surface area contributed by atoms with Crippen molar-refractivity contribution in [1.82, 2.24) is 0 Å². The van der Waals surface area contributed by atoms with Gasteiger partial charge in [0.2, 0.25) is 0 Å². The number of rotatable bonds is 3. The third kappa shape index (κ3) is 2.23. The average molecular weight is 254 g/mol. The number of sulfonamides is 1. The molecular formula is C10H10N2O4S. The van der Waals surface area contributed by atoms with Gasteiger partial charge in [0.25, 0.3) is 10.0 Å². The van der Waals surface area contributed by atoms with Crippen LogP contribution >= 0.6 is 0 Å². The van der Waals surface area contributed by atoms with E-state index in [9.17, 15) is 13.5 Å². The van der Waals surface area contributed by atoms with Crippen LogP contribution in [0.3, 0.4) is 0 Å². The minimum absolute atomic E-state index is 0.0559. The number of nitrogens with zero attached hydrogens (tertiary/aromatic N) is 1. The van der Waals surface area contributed by atoms with Gasteiger partial charge in [0.1, 0.15) is 11.5 Å². The summed E-state index contributed by atoms with van der Waals surface area (Å²) in [5, 5.41) is 9.43. The van der Waals surface area contributed by atoms with Gasteiger partial charge in [-0.15, -0.1) is 0 Å². The Morgan fingerprint density at radius 1 is 1.35 bits per heavy atom. The Hall–Kier alpha value is -2.02. The van der Waals surface area contributed by atoms with Gasteiger partial charge in [-0.3, -0.25) is 0 Å². The maximum Gasteiger partial charge on any atom is 0.284 e. The van der Waals surface area contributed by atoms with E-state index in [0.717, 1.165) is 6.21 Å². The zero-order valence-electron chi connectivity index (χ0n) is 8.70. The molecule has 0 aromatic heterocycles.